The monoisotopic (exact) mass is 316 g/mol. The average molecular weight is 316 g/mol. The van der Waals surface area contributed by atoms with Gasteiger partial charge >= 0.3 is 5.97 Å². The van der Waals surface area contributed by atoms with E-state index in [0.717, 1.165) is 15.6 Å². The fourth-order valence-electron chi connectivity index (χ4n) is 2.65. The number of aromatic nitrogens is 1. The van der Waals surface area contributed by atoms with E-state index in [0.29, 0.717) is 16.8 Å². The van der Waals surface area contributed by atoms with Gasteiger partial charge in [-0.15, -0.1) is 11.3 Å². The van der Waals surface area contributed by atoms with Gasteiger partial charge in [-0.3, -0.25) is 4.79 Å². The maximum Gasteiger partial charge on any atom is 0.350 e. The van der Waals surface area contributed by atoms with Crippen molar-refractivity contribution in [1.82, 2.24) is 4.57 Å². The molecule has 0 atom stereocenters. The molecule has 0 aliphatic rings. The summed E-state index contributed by atoms with van der Waals surface area (Å²) in [6.07, 6.45) is 0. The first kappa shape index (κ1) is 14.6. The van der Waals surface area contributed by atoms with Gasteiger partial charge in [0.1, 0.15) is 4.88 Å². The number of thiophene rings is 1. The number of rotatable bonds is 3. The lowest BCUT2D eigenvalue weighted by atomic mass is 10.1. The van der Waals surface area contributed by atoms with Crippen molar-refractivity contribution >= 4 is 44.0 Å². The topological polar surface area (TPSA) is 74.3 Å². The van der Waals surface area contributed by atoms with Crippen molar-refractivity contribution < 1.29 is 9.53 Å². The second-order valence-corrected chi connectivity index (χ2v) is 5.86. The van der Waals surface area contributed by atoms with Crippen LogP contribution in [-0.4, -0.2) is 17.1 Å². The highest BCUT2D eigenvalue weighted by molar-refractivity contribution is 7.22. The first-order valence-corrected chi connectivity index (χ1v) is 7.92. The first-order chi connectivity index (χ1) is 10.6. The van der Waals surface area contributed by atoms with E-state index >= 15 is 0 Å². The van der Waals surface area contributed by atoms with Gasteiger partial charge in [0.25, 0.3) is 5.56 Å². The Hall–Kier alpha value is -2.34. The Labute approximate surface area is 130 Å². The highest BCUT2D eigenvalue weighted by Gasteiger charge is 2.22. The van der Waals surface area contributed by atoms with E-state index in [1.165, 1.54) is 11.3 Å². The predicted molar refractivity (Wildman–Crippen MR) is 89.6 cm³/mol. The zero-order chi connectivity index (χ0) is 15.9. The molecule has 1 aromatic carbocycles. The maximum absolute atomic E-state index is 12.7. The largest absolute Gasteiger partial charge is 0.462 e. The van der Waals surface area contributed by atoms with Crippen molar-refractivity contribution in [2.75, 3.05) is 12.3 Å². The Morgan fingerprint density at radius 3 is 2.73 bits per heavy atom. The van der Waals surface area contributed by atoms with E-state index in [9.17, 15) is 9.59 Å². The van der Waals surface area contributed by atoms with Crippen molar-refractivity contribution in [1.29, 1.82) is 0 Å². The van der Waals surface area contributed by atoms with Gasteiger partial charge in [0.05, 0.1) is 27.9 Å². The third-order valence-corrected chi connectivity index (χ3v) is 4.84. The summed E-state index contributed by atoms with van der Waals surface area (Å²) in [5, 5.41) is 1.33. The number of fused-ring (bicyclic) bond motifs is 3. The lowest BCUT2D eigenvalue weighted by Gasteiger charge is -2.08. The SMILES string of the molecule is CCOC(=O)c1sc2c(c1N)c(=O)n(CC)c1ccccc21. The minimum Gasteiger partial charge on any atom is -0.462 e. The molecule has 2 heterocycles. The summed E-state index contributed by atoms with van der Waals surface area (Å²) in [6.45, 7) is 4.46. The van der Waals surface area contributed by atoms with Crippen LogP contribution in [0.3, 0.4) is 0 Å². The molecule has 114 valence electrons. The van der Waals surface area contributed by atoms with Gasteiger partial charge in [-0.1, -0.05) is 18.2 Å². The summed E-state index contributed by atoms with van der Waals surface area (Å²) in [5.41, 5.74) is 6.98. The van der Waals surface area contributed by atoms with Crippen LogP contribution in [0.4, 0.5) is 5.69 Å². The number of carbonyl (C=O) groups is 1. The van der Waals surface area contributed by atoms with Gasteiger partial charge in [-0.2, -0.15) is 0 Å². The van der Waals surface area contributed by atoms with Gasteiger partial charge in [0.15, 0.2) is 0 Å². The van der Waals surface area contributed by atoms with Crippen LogP contribution in [0.5, 0.6) is 0 Å². The first-order valence-electron chi connectivity index (χ1n) is 7.10. The zero-order valence-electron chi connectivity index (χ0n) is 12.4. The maximum atomic E-state index is 12.7. The minimum atomic E-state index is -0.479. The van der Waals surface area contributed by atoms with Crippen LogP contribution in [-0.2, 0) is 11.3 Å². The number of nitrogens with zero attached hydrogens (tertiary/aromatic N) is 1. The number of nitrogens with two attached hydrogens (primary N) is 1. The minimum absolute atomic E-state index is 0.166. The summed E-state index contributed by atoms with van der Waals surface area (Å²) >= 11 is 1.22. The third kappa shape index (κ3) is 1.99. The number of nitrogen functional groups attached to an aromatic ring is 1. The molecule has 22 heavy (non-hydrogen) atoms. The number of anilines is 1. The molecule has 0 unspecified atom stereocenters. The van der Waals surface area contributed by atoms with Gasteiger partial charge in [-0.25, -0.2) is 4.79 Å². The number of esters is 1. The standard InChI is InChI=1S/C16H16N2O3S/c1-3-18-10-8-6-5-7-9(10)13-11(15(18)19)12(17)14(22-13)16(20)21-4-2/h5-8H,3-4,17H2,1-2H3. The van der Waals surface area contributed by atoms with Gasteiger partial charge in [0.2, 0.25) is 0 Å². The number of aryl methyl sites for hydroxylation is 1. The predicted octanol–water partition coefficient (Wildman–Crippen LogP) is 3.00. The summed E-state index contributed by atoms with van der Waals surface area (Å²) in [4.78, 5) is 25.1. The number of benzene rings is 1. The highest BCUT2D eigenvalue weighted by Crippen LogP contribution is 2.36. The van der Waals surface area contributed by atoms with E-state index in [4.69, 9.17) is 10.5 Å². The number of pyridine rings is 1. The van der Waals surface area contributed by atoms with Gasteiger partial charge in [-0.05, 0) is 19.9 Å². The summed E-state index contributed by atoms with van der Waals surface area (Å²) in [7, 11) is 0. The molecule has 3 rings (SSSR count). The summed E-state index contributed by atoms with van der Waals surface area (Å²) < 4.78 is 7.45. The normalized spacial score (nSPS) is 11.2. The van der Waals surface area contributed by atoms with E-state index in [2.05, 4.69) is 0 Å². The number of carbonyl (C=O) groups excluding carboxylic acids is 1. The summed E-state index contributed by atoms with van der Waals surface area (Å²) in [6, 6.07) is 7.64. The number of ether oxygens (including phenoxy) is 1. The molecule has 0 aliphatic carbocycles. The van der Waals surface area contributed by atoms with E-state index in [-0.39, 0.29) is 17.9 Å². The van der Waals surface area contributed by atoms with E-state index < -0.39 is 5.97 Å². The second-order valence-electron chi connectivity index (χ2n) is 4.84. The van der Waals surface area contributed by atoms with E-state index in [1.807, 2.05) is 31.2 Å². The van der Waals surface area contributed by atoms with Crippen LogP contribution >= 0.6 is 11.3 Å². The molecule has 0 saturated heterocycles. The van der Waals surface area contributed by atoms with Crippen LogP contribution in [0.2, 0.25) is 0 Å². The molecule has 0 fully saturated rings. The van der Waals surface area contributed by atoms with Crippen molar-refractivity contribution in [3.8, 4) is 0 Å². The van der Waals surface area contributed by atoms with Crippen LogP contribution in [0.1, 0.15) is 23.5 Å². The van der Waals surface area contributed by atoms with Crippen LogP contribution < -0.4 is 11.3 Å². The molecule has 3 aromatic rings. The molecule has 0 aliphatic heterocycles. The highest BCUT2D eigenvalue weighted by atomic mass is 32.1. The molecule has 0 amide bonds. The third-order valence-electron chi connectivity index (χ3n) is 3.62. The quantitative estimate of drug-likeness (QED) is 0.754. The van der Waals surface area contributed by atoms with E-state index in [1.54, 1.807) is 11.5 Å². The zero-order valence-corrected chi connectivity index (χ0v) is 13.2. The average Bonchev–Trinajstić information content (AvgIpc) is 2.86. The Morgan fingerprint density at radius 2 is 2.05 bits per heavy atom. The van der Waals surface area contributed by atoms with Crippen LogP contribution in [0.25, 0.3) is 21.0 Å². The molecular formula is C16H16N2O3S. The molecule has 0 saturated carbocycles. The van der Waals surface area contributed by atoms with Gasteiger partial charge in [0, 0.05) is 11.9 Å². The Bertz CT molecular complexity index is 940. The molecule has 0 radical (unpaired) electrons. The Kier molecular flexibility index (Phi) is 3.62. The molecule has 2 aromatic heterocycles. The summed E-state index contributed by atoms with van der Waals surface area (Å²) in [5.74, 6) is -0.479. The van der Waals surface area contributed by atoms with Gasteiger partial charge < -0.3 is 15.0 Å². The molecule has 0 spiro atoms. The second kappa shape index (κ2) is 5.46. The number of hydrogen-bond donors (Lipinski definition) is 1. The number of para-hydroxylation sites is 1. The van der Waals surface area contributed by atoms with Crippen molar-refractivity contribution in [3.63, 3.8) is 0 Å². The fraction of sp³-hybridized carbons (Fsp3) is 0.250. The van der Waals surface area contributed by atoms with Crippen molar-refractivity contribution in [2.24, 2.45) is 0 Å². The number of hydrogen-bond acceptors (Lipinski definition) is 5. The van der Waals surface area contributed by atoms with Crippen LogP contribution in [0, 0.1) is 0 Å². The fourth-order valence-corrected chi connectivity index (χ4v) is 3.79. The Morgan fingerprint density at radius 1 is 1.32 bits per heavy atom. The van der Waals surface area contributed by atoms with Crippen molar-refractivity contribution in [3.05, 3.63) is 39.5 Å². The Balaban J connectivity index is 2.47. The smallest absolute Gasteiger partial charge is 0.350 e. The molecule has 5 nitrogen and oxygen atoms in total. The lowest BCUT2D eigenvalue weighted by molar-refractivity contribution is 0.0533. The molecule has 2 N–H and O–H groups in total. The van der Waals surface area contributed by atoms with Crippen LogP contribution in [0.15, 0.2) is 29.1 Å². The lowest BCUT2D eigenvalue weighted by Crippen LogP contribution is -2.20. The molecule has 6 heteroatoms. The molecular weight excluding hydrogens is 300 g/mol. The molecule has 0 bridgehead atoms. The van der Waals surface area contributed by atoms with Crippen molar-refractivity contribution in [2.45, 2.75) is 20.4 Å².